The molecule has 0 amide bonds. The van der Waals surface area contributed by atoms with Crippen LogP contribution in [0.5, 0.6) is 0 Å². The molecule has 25 heavy (non-hydrogen) atoms. The summed E-state index contributed by atoms with van der Waals surface area (Å²) >= 11 is 0. The van der Waals surface area contributed by atoms with Gasteiger partial charge in [0.2, 0.25) is 0 Å². The highest BCUT2D eigenvalue weighted by molar-refractivity contribution is 5.81. The third-order valence-electron chi connectivity index (χ3n) is 4.41. The number of imidazole rings is 1. The van der Waals surface area contributed by atoms with Gasteiger partial charge in [0.15, 0.2) is 22.6 Å². The van der Waals surface area contributed by atoms with Gasteiger partial charge in [0, 0.05) is 12.3 Å². The predicted octanol–water partition coefficient (Wildman–Crippen LogP) is 1.43. The molecular formula is C16H18FN5O3. The average Bonchev–Trinajstić information content (AvgIpc) is 3.14. The molecule has 8 nitrogen and oxygen atoms in total. The summed E-state index contributed by atoms with van der Waals surface area (Å²) in [6.45, 7) is 3.55. The number of terminal acetylenes is 1. The number of hydrogen-bond acceptors (Lipinski definition) is 7. The Balaban J connectivity index is 1.91. The van der Waals surface area contributed by atoms with Gasteiger partial charge >= 0.3 is 12.0 Å². The third kappa shape index (κ3) is 2.89. The fourth-order valence-electron chi connectivity index (χ4n) is 2.88. The summed E-state index contributed by atoms with van der Waals surface area (Å²) in [5.41, 5.74) is 5.12. The van der Waals surface area contributed by atoms with E-state index < -0.39 is 17.9 Å². The topological polar surface area (TPSA) is 105 Å². The molecule has 3 atom stereocenters. The average molecular weight is 347 g/mol. The van der Waals surface area contributed by atoms with Crippen molar-refractivity contribution in [1.29, 1.82) is 0 Å². The van der Waals surface area contributed by atoms with Crippen LogP contribution in [-0.2, 0) is 14.3 Å². The van der Waals surface area contributed by atoms with Crippen LogP contribution in [0.2, 0.25) is 0 Å². The fourth-order valence-corrected chi connectivity index (χ4v) is 2.88. The Hall–Kier alpha value is -2.73. The Kier molecular flexibility index (Phi) is 4.30. The van der Waals surface area contributed by atoms with E-state index in [4.69, 9.17) is 21.6 Å². The molecule has 0 saturated carbocycles. The normalized spacial score (nSPS) is 25.8. The van der Waals surface area contributed by atoms with Gasteiger partial charge in [-0.3, -0.25) is 9.36 Å². The first-order valence-corrected chi connectivity index (χ1v) is 7.87. The molecule has 3 heterocycles. The number of nitrogen functional groups attached to an aromatic ring is 1. The lowest BCUT2D eigenvalue weighted by molar-refractivity contribution is -0.153. The summed E-state index contributed by atoms with van der Waals surface area (Å²) in [5.74, 6) is 2.10. The highest BCUT2D eigenvalue weighted by atomic mass is 19.1. The van der Waals surface area contributed by atoms with Crippen molar-refractivity contribution in [3.05, 3.63) is 12.4 Å². The van der Waals surface area contributed by atoms with Crippen molar-refractivity contribution in [2.24, 2.45) is 5.92 Å². The zero-order chi connectivity index (χ0) is 18.2. The maximum absolute atomic E-state index is 13.5. The molecule has 0 spiro atoms. The van der Waals surface area contributed by atoms with Gasteiger partial charge in [-0.1, -0.05) is 19.8 Å². The summed E-state index contributed by atoms with van der Waals surface area (Å²) < 4.78 is 26.3. The summed E-state index contributed by atoms with van der Waals surface area (Å²) in [6, 6.07) is 0. The molecule has 3 rings (SSSR count). The van der Waals surface area contributed by atoms with Gasteiger partial charge in [-0.2, -0.15) is 14.4 Å². The van der Waals surface area contributed by atoms with E-state index in [0.29, 0.717) is 6.42 Å². The number of aromatic nitrogens is 4. The zero-order valence-electron chi connectivity index (χ0n) is 13.9. The Labute approximate surface area is 143 Å². The molecule has 1 fully saturated rings. The van der Waals surface area contributed by atoms with Gasteiger partial charge in [-0.25, -0.2) is 4.98 Å². The van der Waals surface area contributed by atoms with Crippen LogP contribution >= 0.6 is 0 Å². The van der Waals surface area contributed by atoms with Crippen molar-refractivity contribution in [3.63, 3.8) is 0 Å². The molecule has 0 bridgehead atoms. The lowest BCUT2D eigenvalue weighted by Gasteiger charge is -2.27. The second-order valence-corrected chi connectivity index (χ2v) is 5.96. The Bertz CT molecular complexity index is 861. The van der Waals surface area contributed by atoms with E-state index in [9.17, 15) is 9.18 Å². The largest absolute Gasteiger partial charge is 0.462 e. The maximum atomic E-state index is 13.5. The monoisotopic (exact) mass is 347 g/mol. The Morgan fingerprint density at radius 3 is 3.08 bits per heavy atom. The van der Waals surface area contributed by atoms with Gasteiger partial charge in [-0.05, 0) is 6.42 Å². The van der Waals surface area contributed by atoms with Crippen LogP contribution in [0, 0.1) is 24.3 Å². The number of fused-ring (bicyclic) bond motifs is 1. The van der Waals surface area contributed by atoms with Crippen LogP contribution in [0.1, 0.15) is 32.9 Å². The van der Waals surface area contributed by atoms with Crippen LogP contribution in [0.4, 0.5) is 10.2 Å². The van der Waals surface area contributed by atoms with Gasteiger partial charge in [0.1, 0.15) is 12.8 Å². The summed E-state index contributed by atoms with van der Waals surface area (Å²) in [5, 5.41) is 0. The number of carbonyl (C=O) groups is 1. The molecule has 0 unspecified atom stereocenters. The van der Waals surface area contributed by atoms with Crippen LogP contribution in [-0.4, -0.2) is 37.7 Å². The molecule has 2 aromatic rings. The number of carbonyl (C=O) groups excluding carboxylic acids is 1. The number of rotatable bonds is 4. The lowest BCUT2D eigenvalue weighted by atomic mass is 9.90. The third-order valence-corrected chi connectivity index (χ3v) is 4.41. The van der Waals surface area contributed by atoms with Gasteiger partial charge in [0.05, 0.1) is 6.33 Å². The highest BCUT2D eigenvalue weighted by Crippen LogP contribution is 2.42. The van der Waals surface area contributed by atoms with Crippen molar-refractivity contribution in [3.8, 4) is 12.3 Å². The zero-order valence-corrected chi connectivity index (χ0v) is 13.9. The number of ether oxygens (including phenoxy) is 2. The molecule has 0 aliphatic carbocycles. The van der Waals surface area contributed by atoms with Gasteiger partial charge < -0.3 is 15.2 Å². The lowest BCUT2D eigenvalue weighted by Crippen LogP contribution is -2.38. The van der Waals surface area contributed by atoms with E-state index in [-0.39, 0.29) is 41.9 Å². The highest BCUT2D eigenvalue weighted by Gasteiger charge is 2.47. The molecule has 0 radical (unpaired) electrons. The van der Waals surface area contributed by atoms with Crippen molar-refractivity contribution in [2.45, 2.75) is 38.5 Å². The molecule has 1 aliphatic heterocycles. The quantitative estimate of drug-likeness (QED) is 0.507. The van der Waals surface area contributed by atoms with Crippen molar-refractivity contribution >= 4 is 23.0 Å². The minimum Gasteiger partial charge on any atom is -0.462 e. The minimum absolute atomic E-state index is 0.0487. The number of hydrogen-bond donors (Lipinski definition) is 1. The van der Waals surface area contributed by atoms with Crippen LogP contribution < -0.4 is 5.73 Å². The first-order chi connectivity index (χ1) is 11.9. The van der Waals surface area contributed by atoms with E-state index in [1.807, 2.05) is 6.92 Å². The molecular weight excluding hydrogens is 329 g/mol. The van der Waals surface area contributed by atoms with Crippen LogP contribution in [0.25, 0.3) is 11.2 Å². The summed E-state index contributed by atoms with van der Waals surface area (Å²) in [6.07, 6.45) is 6.41. The number of nitrogens with zero attached hydrogens (tertiary/aromatic N) is 4. The van der Waals surface area contributed by atoms with E-state index in [1.165, 1.54) is 6.33 Å². The SMILES string of the molecule is C#C[C@]1(COC(=O)CC)O[C@@H](n2cnc3c(N)nc(F)nc32)C[C@@H]1C. The number of nitrogens with two attached hydrogens (primary N) is 1. The molecule has 1 saturated heterocycles. The van der Waals surface area contributed by atoms with E-state index >= 15 is 0 Å². The van der Waals surface area contributed by atoms with Crippen molar-refractivity contribution in [2.75, 3.05) is 12.3 Å². The first kappa shape index (κ1) is 17.1. The minimum atomic E-state index is -1.07. The number of anilines is 1. The summed E-state index contributed by atoms with van der Waals surface area (Å²) in [7, 11) is 0. The molecule has 1 aliphatic rings. The predicted molar refractivity (Wildman–Crippen MR) is 86.4 cm³/mol. The molecule has 2 aromatic heterocycles. The second-order valence-electron chi connectivity index (χ2n) is 5.96. The van der Waals surface area contributed by atoms with E-state index in [0.717, 1.165) is 0 Å². The first-order valence-electron chi connectivity index (χ1n) is 7.87. The van der Waals surface area contributed by atoms with Crippen molar-refractivity contribution in [1.82, 2.24) is 19.5 Å². The van der Waals surface area contributed by atoms with E-state index in [2.05, 4.69) is 20.9 Å². The maximum Gasteiger partial charge on any atom is 0.312 e. The molecule has 2 N–H and O–H groups in total. The van der Waals surface area contributed by atoms with E-state index in [1.54, 1.807) is 11.5 Å². The Morgan fingerprint density at radius 1 is 1.64 bits per heavy atom. The van der Waals surface area contributed by atoms with Crippen LogP contribution in [0.15, 0.2) is 6.33 Å². The standard InChI is InChI=1S/C16H18FN5O3/c1-4-11(23)24-7-16(5-2)9(3)6-10(25-16)22-8-19-12-13(18)20-15(17)21-14(12)22/h2,8-10H,4,6-7H2,1,3H3,(H2,18,20,21)/t9-,10+,16+/m0/s1. The van der Waals surface area contributed by atoms with Gasteiger partial charge in [0.25, 0.3) is 0 Å². The van der Waals surface area contributed by atoms with Crippen molar-refractivity contribution < 1.29 is 18.7 Å². The molecule has 9 heteroatoms. The molecule has 132 valence electrons. The smallest absolute Gasteiger partial charge is 0.312 e. The van der Waals surface area contributed by atoms with Crippen LogP contribution in [0.3, 0.4) is 0 Å². The fraction of sp³-hybridized carbons (Fsp3) is 0.500. The summed E-state index contributed by atoms with van der Waals surface area (Å²) in [4.78, 5) is 22.8. The number of esters is 1. The molecule has 0 aromatic carbocycles. The van der Waals surface area contributed by atoms with Gasteiger partial charge in [-0.15, -0.1) is 6.42 Å². The Morgan fingerprint density at radius 2 is 2.40 bits per heavy atom. The number of halogens is 1. The second kappa shape index (κ2) is 6.29.